The Kier molecular flexibility index (Phi) is 5.70. The van der Waals surface area contributed by atoms with Crippen molar-refractivity contribution in [1.29, 1.82) is 0 Å². The van der Waals surface area contributed by atoms with Gasteiger partial charge in [-0.2, -0.15) is 11.3 Å². The molecule has 1 rings (SSSR count). The van der Waals surface area contributed by atoms with Gasteiger partial charge >= 0.3 is 7.60 Å². The maximum absolute atomic E-state index is 11.7. The number of hydrogen-bond acceptors (Lipinski definition) is 3. The highest BCUT2D eigenvalue weighted by atomic mass is 32.1. The molecule has 0 spiro atoms. The van der Waals surface area contributed by atoms with E-state index in [-0.39, 0.29) is 12.3 Å². The molecular formula is C11H19O3PS. The summed E-state index contributed by atoms with van der Waals surface area (Å²) in [6.45, 7) is 3.88. The second kappa shape index (κ2) is 6.55. The zero-order valence-electron chi connectivity index (χ0n) is 9.76. The van der Waals surface area contributed by atoms with Crippen LogP contribution in [-0.4, -0.2) is 17.2 Å². The lowest BCUT2D eigenvalue weighted by molar-refractivity contribution is 0.180. The summed E-state index contributed by atoms with van der Waals surface area (Å²) in [5.41, 5.74) is 1.10. The zero-order chi connectivity index (χ0) is 12.0. The molecule has 92 valence electrons. The molecule has 0 amide bonds. The van der Waals surface area contributed by atoms with Crippen LogP contribution in [0.25, 0.3) is 0 Å². The van der Waals surface area contributed by atoms with Crippen molar-refractivity contribution in [2.24, 2.45) is 0 Å². The van der Waals surface area contributed by atoms with Gasteiger partial charge in [0.15, 0.2) is 0 Å². The molecule has 0 aromatic carbocycles. The molecule has 1 heterocycles. The van der Waals surface area contributed by atoms with Gasteiger partial charge in [-0.25, -0.2) is 0 Å². The Bertz CT molecular complexity index is 337. The first kappa shape index (κ1) is 13.9. The molecule has 16 heavy (non-hydrogen) atoms. The second-order valence-corrected chi connectivity index (χ2v) is 6.66. The highest BCUT2D eigenvalue weighted by Crippen LogP contribution is 2.44. The van der Waals surface area contributed by atoms with E-state index in [1.54, 1.807) is 11.3 Å². The topological polar surface area (TPSA) is 46.5 Å². The van der Waals surface area contributed by atoms with E-state index in [1.165, 1.54) is 0 Å². The van der Waals surface area contributed by atoms with Crippen molar-refractivity contribution in [3.63, 3.8) is 0 Å². The Morgan fingerprint density at radius 3 is 2.94 bits per heavy atom. The summed E-state index contributed by atoms with van der Waals surface area (Å²) in [7, 11) is -3.41. The standard InChI is InChI=1S/C11H19O3PS/c1-3-4-10(2)14-15(12,13)7-5-11-6-8-16-9-11/h6,8-10H,3-5,7H2,1-2H3,(H,12,13). The molecule has 1 aromatic heterocycles. The van der Waals surface area contributed by atoms with E-state index in [0.717, 1.165) is 18.4 Å². The first-order chi connectivity index (χ1) is 7.53. The van der Waals surface area contributed by atoms with Crippen LogP contribution in [-0.2, 0) is 15.5 Å². The number of hydrogen-bond donors (Lipinski definition) is 1. The van der Waals surface area contributed by atoms with Gasteiger partial charge in [0.25, 0.3) is 0 Å². The molecule has 0 aliphatic rings. The van der Waals surface area contributed by atoms with Crippen LogP contribution in [0.1, 0.15) is 32.3 Å². The molecule has 0 radical (unpaired) electrons. The summed E-state index contributed by atoms with van der Waals surface area (Å²) in [5, 5.41) is 3.97. The second-order valence-electron chi connectivity index (χ2n) is 3.95. The molecule has 5 heteroatoms. The highest BCUT2D eigenvalue weighted by molar-refractivity contribution is 7.52. The van der Waals surface area contributed by atoms with Crippen LogP contribution >= 0.6 is 18.9 Å². The van der Waals surface area contributed by atoms with Crippen molar-refractivity contribution in [3.8, 4) is 0 Å². The smallest absolute Gasteiger partial charge is 0.324 e. The van der Waals surface area contributed by atoms with Gasteiger partial charge in [0.2, 0.25) is 0 Å². The maximum Gasteiger partial charge on any atom is 0.328 e. The van der Waals surface area contributed by atoms with E-state index in [1.807, 2.05) is 30.7 Å². The molecule has 0 aliphatic heterocycles. The molecule has 2 atom stereocenters. The quantitative estimate of drug-likeness (QED) is 0.762. The van der Waals surface area contributed by atoms with Gasteiger partial charge < -0.3 is 9.42 Å². The Labute approximate surface area is 101 Å². The molecule has 0 fully saturated rings. The summed E-state index contributed by atoms with van der Waals surface area (Å²) in [6.07, 6.45) is 2.46. The predicted molar refractivity (Wildman–Crippen MR) is 68.2 cm³/mol. The predicted octanol–water partition coefficient (Wildman–Crippen LogP) is 3.68. The summed E-state index contributed by atoms with van der Waals surface area (Å²) in [5.74, 6) is 0. The fourth-order valence-electron chi connectivity index (χ4n) is 1.50. The third-order valence-electron chi connectivity index (χ3n) is 2.30. The van der Waals surface area contributed by atoms with Crippen LogP contribution in [0.15, 0.2) is 16.8 Å². The average Bonchev–Trinajstić information content (AvgIpc) is 2.66. The SMILES string of the molecule is CCCC(C)OP(=O)(O)CCc1ccsc1. The molecule has 3 nitrogen and oxygen atoms in total. The molecule has 1 aromatic rings. The fraction of sp³-hybridized carbons (Fsp3) is 0.636. The van der Waals surface area contributed by atoms with Gasteiger partial charge in [0.05, 0.1) is 12.3 Å². The summed E-state index contributed by atoms with van der Waals surface area (Å²) >= 11 is 1.60. The lowest BCUT2D eigenvalue weighted by Crippen LogP contribution is -2.08. The third-order valence-corrected chi connectivity index (χ3v) is 4.51. The monoisotopic (exact) mass is 262 g/mol. The molecule has 0 aliphatic carbocycles. The van der Waals surface area contributed by atoms with E-state index < -0.39 is 7.60 Å². The Balaban J connectivity index is 2.36. The van der Waals surface area contributed by atoms with Crippen LogP contribution in [0.2, 0.25) is 0 Å². The highest BCUT2D eigenvalue weighted by Gasteiger charge is 2.22. The van der Waals surface area contributed by atoms with Crippen molar-refractivity contribution in [2.75, 3.05) is 6.16 Å². The summed E-state index contributed by atoms with van der Waals surface area (Å²) in [6, 6.07) is 1.97. The van der Waals surface area contributed by atoms with Gasteiger partial charge in [0, 0.05) is 0 Å². The zero-order valence-corrected chi connectivity index (χ0v) is 11.5. The Morgan fingerprint density at radius 1 is 1.62 bits per heavy atom. The van der Waals surface area contributed by atoms with E-state index in [4.69, 9.17) is 4.52 Å². The molecule has 2 unspecified atom stereocenters. The minimum atomic E-state index is -3.41. The van der Waals surface area contributed by atoms with E-state index in [2.05, 4.69) is 0 Å². The van der Waals surface area contributed by atoms with Crippen LogP contribution < -0.4 is 0 Å². The molecule has 0 saturated heterocycles. The van der Waals surface area contributed by atoms with E-state index >= 15 is 0 Å². The lowest BCUT2D eigenvalue weighted by Gasteiger charge is -2.17. The lowest BCUT2D eigenvalue weighted by atomic mass is 10.2. The minimum Gasteiger partial charge on any atom is -0.324 e. The van der Waals surface area contributed by atoms with Gasteiger partial charge in [0.1, 0.15) is 0 Å². The van der Waals surface area contributed by atoms with Gasteiger partial charge in [-0.1, -0.05) is 13.3 Å². The van der Waals surface area contributed by atoms with Gasteiger partial charge in [-0.3, -0.25) is 4.57 Å². The summed E-state index contributed by atoms with van der Waals surface area (Å²) in [4.78, 5) is 9.65. The van der Waals surface area contributed by atoms with Gasteiger partial charge in [-0.15, -0.1) is 0 Å². The van der Waals surface area contributed by atoms with Crippen molar-refractivity contribution in [3.05, 3.63) is 22.4 Å². The van der Waals surface area contributed by atoms with Crippen molar-refractivity contribution >= 4 is 18.9 Å². The van der Waals surface area contributed by atoms with Crippen molar-refractivity contribution in [1.82, 2.24) is 0 Å². The maximum atomic E-state index is 11.7. The Morgan fingerprint density at radius 2 is 2.38 bits per heavy atom. The largest absolute Gasteiger partial charge is 0.328 e. The number of thiophene rings is 1. The van der Waals surface area contributed by atoms with E-state index in [0.29, 0.717) is 6.42 Å². The van der Waals surface area contributed by atoms with Crippen LogP contribution in [0.3, 0.4) is 0 Å². The minimum absolute atomic E-state index is 0.136. The Hall–Kier alpha value is -0.150. The van der Waals surface area contributed by atoms with Gasteiger partial charge in [-0.05, 0) is 42.2 Å². The number of rotatable bonds is 7. The normalized spacial score (nSPS) is 16.9. The first-order valence-electron chi connectivity index (χ1n) is 5.55. The molecular weight excluding hydrogens is 243 g/mol. The third kappa shape index (κ3) is 5.26. The van der Waals surface area contributed by atoms with Crippen LogP contribution in [0, 0.1) is 0 Å². The van der Waals surface area contributed by atoms with Crippen molar-refractivity contribution in [2.45, 2.75) is 39.2 Å². The fourth-order valence-corrected chi connectivity index (χ4v) is 3.52. The van der Waals surface area contributed by atoms with Crippen LogP contribution in [0.4, 0.5) is 0 Å². The van der Waals surface area contributed by atoms with E-state index in [9.17, 15) is 9.46 Å². The number of aryl methyl sites for hydroxylation is 1. The van der Waals surface area contributed by atoms with Crippen LogP contribution in [0.5, 0.6) is 0 Å². The van der Waals surface area contributed by atoms with Crippen molar-refractivity contribution < 1.29 is 14.0 Å². The average molecular weight is 262 g/mol. The summed E-state index contributed by atoms with van der Waals surface area (Å²) < 4.78 is 16.9. The first-order valence-corrected chi connectivity index (χ1v) is 8.25. The molecule has 1 N–H and O–H groups in total. The molecule has 0 saturated carbocycles. The molecule has 0 bridgehead atoms.